The summed E-state index contributed by atoms with van der Waals surface area (Å²) >= 11 is 3.38. The van der Waals surface area contributed by atoms with Crippen molar-refractivity contribution in [3.05, 3.63) is 140 Å². The Bertz CT molecular complexity index is 1350. The summed E-state index contributed by atoms with van der Waals surface area (Å²) in [6, 6.07) is 27.9. The fourth-order valence-corrected chi connectivity index (χ4v) is 3.67. The summed E-state index contributed by atoms with van der Waals surface area (Å²) in [5.74, 6) is -0.410. The Morgan fingerprint density at radius 2 is 1.44 bits per heavy atom. The molecule has 4 aromatic carbocycles. The molecule has 0 aliphatic carbocycles. The number of nitrogens with zero attached hydrogens (tertiary/aromatic N) is 1. The number of hydrogen-bond acceptors (Lipinski definition) is 6. The first-order chi connectivity index (χ1) is 17.4. The van der Waals surface area contributed by atoms with E-state index in [0.717, 1.165) is 10.0 Å². The van der Waals surface area contributed by atoms with E-state index in [4.69, 9.17) is 9.47 Å². The lowest BCUT2D eigenvalue weighted by molar-refractivity contribution is -0.384. The first-order valence-corrected chi connectivity index (χ1v) is 11.7. The summed E-state index contributed by atoms with van der Waals surface area (Å²) in [4.78, 5) is 36.6. The Balaban J connectivity index is 1.50. The highest BCUT2D eigenvalue weighted by Gasteiger charge is 2.27. The standard InChI is InChI=1S/C28H20BrNO6/c29-23-12-16-25(17-13-23)35-18-19-6-8-22(9-7-19)28(32)36-27(26(31)20-4-2-1-3-5-20)21-10-14-24(15-11-21)30(33)34/h1-17,27H,18H2/t27-/m1/s1. The molecule has 0 heterocycles. The van der Waals surface area contributed by atoms with Crippen molar-refractivity contribution in [2.45, 2.75) is 12.7 Å². The van der Waals surface area contributed by atoms with Crippen LogP contribution in [0.25, 0.3) is 0 Å². The summed E-state index contributed by atoms with van der Waals surface area (Å²) in [5.41, 5.74) is 1.67. The van der Waals surface area contributed by atoms with Crippen molar-refractivity contribution in [2.24, 2.45) is 0 Å². The number of Topliss-reactive ketones (excluding diaryl/α,β-unsaturated/α-hetero) is 1. The summed E-state index contributed by atoms with van der Waals surface area (Å²) in [7, 11) is 0. The number of carbonyl (C=O) groups is 2. The summed E-state index contributed by atoms with van der Waals surface area (Å²) in [6.45, 7) is 0.314. The molecule has 0 aliphatic rings. The molecule has 0 aromatic heterocycles. The molecule has 8 heteroatoms. The van der Waals surface area contributed by atoms with Crippen molar-refractivity contribution in [1.82, 2.24) is 0 Å². The molecule has 0 fully saturated rings. The lowest BCUT2D eigenvalue weighted by Crippen LogP contribution is -2.20. The van der Waals surface area contributed by atoms with Crippen LogP contribution in [0.2, 0.25) is 0 Å². The van der Waals surface area contributed by atoms with Crippen LogP contribution in [0.4, 0.5) is 5.69 Å². The summed E-state index contributed by atoms with van der Waals surface area (Å²) < 4.78 is 12.3. The molecule has 7 nitrogen and oxygen atoms in total. The number of esters is 1. The number of carbonyl (C=O) groups excluding carboxylic acids is 2. The van der Waals surface area contributed by atoms with Gasteiger partial charge >= 0.3 is 5.97 Å². The number of nitro groups is 1. The smallest absolute Gasteiger partial charge is 0.339 e. The van der Waals surface area contributed by atoms with Crippen molar-refractivity contribution < 1.29 is 24.0 Å². The molecule has 4 aromatic rings. The van der Waals surface area contributed by atoms with Gasteiger partial charge in [-0.1, -0.05) is 58.4 Å². The van der Waals surface area contributed by atoms with E-state index >= 15 is 0 Å². The predicted molar refractivity (Wildman–Crippen MR) is 137 cm³/mol. The highest BCUT2D eigenvalue weighted by atomic mass is 79.9. The van der Waals surface area contributed by atoms with Crippen LogP contribution in [0.3, 0.4) is 0 Å². The molecule has 0 unspecified atom stereocenters. The topological polar surface area (TPSA) is 95.7 Å². The van der Waals surface area contributed by atoms with Crippen molar-refractivity contribution in [3.63, 3.8) is 0 Å². The molecule has 0 bridgehead atoms. The molecule has 1 atom stereocenters. The van der Waals surface area contributed by atoms with Gasteiger partial charge in [0.15, 0.2) is 6.10 Å². The number of ketones is 1. The maximum Gasteiger partial charge on any atom is 0.339 e. The van der Waals surface area contributed by atoms with Crippen LogP contribution in [0.5, 0.6) is 5.75 Å². The zero-order chi connectivity index (χ0) is 25.5. The van der Waals surface area contributed by atoms with Gasteiger partial charge in [-0.05, 0) is 54.1 Å². The number of ether oxygens (including phenoxy) is 2. The second-order valence-corrected chi connectivity index (χ2v) is 8.72. The van der Waals surface area contributed by atoms with Gasteiger partial charge in [-0.3, -0.25) is 14.9 Å². The summed E-state index contributed by atoms with van der Waals surface area (Å²) in [5, 5.41) is 11.0. The van der Waals surface area contributed by atoms with Gasteiger partial charge in [0.1, 0.15) is 12.4 Å². The van der Waals surface area contributed by atoms with Crippen LogP contribution in [-0.4, -0.2) is 16.7 Å². The van der Waals surface area contributed by atoms with Crippen molar-refractivity contribution >= 4 is 33.4 Å². The number of nitro benzene ring substituents is 1. The lowest BCUT2D eigenvalue weighted by atomic mass is 9.99. The van der Waals surface area contributed by atoms with Crippen LogP contribution >= 0.6 is 15.9 Å². The Hall–Kier alpha value is -4.30. The Morgan fingerprint density at radius 1 is 0.806 bits per heavy atom. The van der Waals surface area contributed by atoms with Gasteiger partial charge < -0.3 is 9.47 Å². The minimum Gasteiger partial charge on any atom is -0.489 e. The fourth-order valence-electron chi connectivity index (χ4n) is 3.41. The number of benzene rings is 4. The SMILES string of the molecule is O=C(O[C@@H](C(=O)c1ccccc1)c1ccc([N+](=O)[O-])cc1)c1ccc(COc2ccc(Br)cc2)cc1. The lowest BCUT2D eigenvalue weighted by Gasteiger charge is -2.17. The predicted octanol–water partition coefficient (Wildman–Crippen LogP) is 6.72. The van der Waals surface area contributed by atoms with Gasteiger partial charge in [-0.2, -0.15) is 0 Å². The minimum atomic E-state index is -1.26. The van der Waals surface area contributed by atoms with Gasteiger partial charge in [0.25, 0.3) is 5.69 Å². The normalized spacial score (nSPS) is 11.4. The van der Waals surface area contributed by atoms with E-state index in [9.17, 15) is 19.7 Å². The molecule has 0 spiro atoms. The third kappa shape index (κ3) is 6.22. The Kier molecular flexibility index (Phi) is 7.87. The number of hydrogen-bond donors (Lipinski definition) is 0. The Morgan fingerprint density at radius 3 is 2.06 bits per heavy atom. The van der Waals surface area contributed by atoms with E-state index in [-0.39, 0.29) is 11.3 Å². The van der Waals surface area contributed by atoms with E-state index in [0.29, 0.717) is 23.5 Å². The molecule has 180 valence electrons. The van der Waals surface area contributed by atoms with Crippen LogP contribution in [0, 0.1) is 10.1 Å². The average molecular weight is 546 g/mol. The van der Waals surface area contributed by atoms with Crippen LogP contribution < -0.4 is 4.74 Å². The third-order valence-corrected chi connectivity index (χ3v) is 5.87. The minimum absolute atomic E-state index is 0.128. The molecule has 0 radical (unpaired) electrons. The number of rotatable bonds is 9. The van der Waals surface area contributed by atoms with Gasteiger partial charge in [-0.25, -0.2) is 4.79 Å². The zero-order valence-corrected chi connectivity index (χ0v) is 20.5. The fraction of sp³-hybridized carbons (Fsp3) is 0.0714. The van der Waals surface area contributed by atoms with E-state index < -0.39 is 22.8 Å². The molecule has 0 saturated carbocycles. The van der Waals surface area contributed by atoms with Gasteiger partial charge in [0, 0.05) is 27.7 Å². The van der Waals surface area contributed by atoms with Crippen LogP contribution in [0.1, 0.15) is 37.9 Å². The Labute approximate surface area is 215 Å². The monoisotopic (exact) mass is 545 g/mol. The maximum absolute atomic E-state index is 13.2. The van der Waals surface area contributed by atoms with E-state index in [2.05, 4.69) is 15.9 Å². The van der Waals surface area contributed by atoms with Gasteiger partial charge in [0.2, 0.25) is 5.78 Å². The third-order valence-electron chi connectivity index (χ3n) is 5.34. The largest absolute Gasteiger partial charge is 0.489 e. The first kappa shape index (κ1) is 24.8. The van der Waals surface area contributed by atoms with Gasteiger partial charge in [0.05, 0.1) is 10.5 Å². The molecular weight excluding hydrogens is 526 g/mol. The zero-order valence-electron chi connectivity index (χ0n) is 18.9. The van der Waals surface area contributed by atoms with E-state index in [1.807, 2.05) is 24.3 Å². The molecule has 0 aliphatic heterocycles. The summed E-state index contributed by atoms with van der Waals surface area (Å²) in [6.07, 6.45) is -1.26. The number of non-ortho nitro benzene ring substituents is 1. The quantitative estimate of drug-likeness (QED) is 0.100. The maximum atomic E-state index is 13.2. The van der Waals surface area contributed by atoms with Crippen molar-refractivity contribution in [2.75, 3.05) is 0 Å². The first-order valence-electron chi connectivity index (χ1n) is 10.9. The highest BCUT2D eigenvalue weighted by Crippen LogP contribution is 2.26. The van der Waals surface area contributed by atoms with Gasteiger partial charge in [-0.15, -0.1) is 0 Å². The molecule has 0 N–H and O–H groups in total. The van der Waals surface area contributed by atoms with E-state index in [1.165, 1.54) is 24.3 Å². The highest BCUT2D eigenvalue weighted by molar-refractivity contribution is 9.10. The molecule has 36 heavy (non-hydrogen) atoms. The van der Waals surface area contributed by atoms with Crippen molar-refractivity contribution in [3.8, 4) is 5.75 Å². The molecule has 4 rings (SSSR count). The number of halogens is 1. The molecule has 0 saturated heterocycles. The second kappa shape index (κ2) is 11.4. The molecular formula is C28H20BrNO6. The van der Waals surface area contributed by atoms with Crippen LogP contribution in [-0.2, 0) is 11.3 Å². The average Bonchev–Trinajstić information content (AvgIpc) is 2.92. The van der Waals surface area contributed by atoms with E-state index in [1.54, 1.807) is 54.6 Å². The second-order valence-electron chi connectivity index (χ2n) is 7.80. The van der Waals surface area contributed by atoms with Crippen molar-refractivity contribution in [1.29, 1.82) is 0 Å². The van der Waals surface area contributed by atoms with Crippen LogP contribution in [0.15, 0.2) is 108 Å². The molecule has 0 amide bonds.